The number of carbonyl (C=O) groups excluding carboxylic acids is 1. The number of aryl methyl sites for hydroxylation is 2. The molecule has 2 aromatic carbocycles. The van der Waals surface area contributed by atoms with Crippen LogP contribution in [0.1, 0.15) is 36.8 Å². The summed E-state index contributed by atoms with van der Waals surface area (Å²) in [4.78, 5) is 35.8. The minimum absolute atomic E-state index is 0.277. The molecule has 1 amide bonds. The molecule has 1 fully saturated rings. The number of aliphatic carboxylic acids is 2. The van der Waals surface area contributed by atoms with Crippen molar-refractivity contribution in [3.63, 3.8) is 0 Å². The van der Waals surface area contributed by atoms with Gasteiger partial charge < -0.3 is 25.7 Å². The van der Waals surface area contributed by atoms with Crippen molar-refractivity contribution in [2.45, 2.75) is 50.9 Å². The third kappa shape index (κ3) is 14.2. The number of alkyl halides is 6. The van der Waals surface area contributed by atoms with Gasteiger partial charge in [-0.15, -0.1) is 0 Å². The zero-order chi connectivity index (χ0) is 33.4. The average Bonchev–Trinajstić information content (AvgIpc) is 2.97. The fraction of sp³-hybridized carbons (Fsp3) is 0.500. The molecule has 1 heterocycles. The third-order valence-electron chi connectivity index (χ3n) is 7.05. The lowest BCUT2D eigenvalue weighted by Crippen LogP contribution is -2.54. The van der Waals surface area contributed by atoms with Gasteiger partial charge in [-0.25, -0.2) is 9.59 Å². The van der Waals surface area contributed by atoms with Gasteiger partial charge in [0.1, 0.15) is 0 Å². The van der Waals surface area contributed by atoms with E-state index in [2.05, 4.69) is 65.4 Å². The van der Waals surface area contributed by atoms with Gasteiger partial charge in [-0.05, 0) is 56.7 Å². The normalized spacial score (nSPS) is 14.0. The molecule has 4 N–H and O–H groups in total. The monoisotopic (exact) mass is 635 g/mol. The van der Waals surface area contributed by atoms with Gasteiger partial charge in [0.05, 0.1) is 5.41 Å². The lowest BCUT2D eigenvalue weighted by molar-refractivity contribution is -0.193. The van der Waals surface area contributed by atoms with E-state index in [1.54, 1.807) is 0 Å². The van der Waals surface area contributed by atoms with E-state index in [-0.39, 0.29) is 5.91 Å². The fourth-order valence-electron chi connectivity index (χ4n) is 4.53. The van der Waals surface area contributed by atoms with Gasteiger partial charge in [-0.1, -0.05) is 60.7 Å². The molecule has 1 aliphatic rings. The summed E-state index contributed by atoms with van der Waals surface area (Å²) < 4.78 is 63.5. The molecule has 0 radical (unpaired) electrons. The summed E-state index contributed by atoms with van der Waals surface area (Å²) in [6.45, 7) is 3.95. The number of rotatable bonds is 10. The zero-order valence-corrected chi connectivity index (χ0v) is 24.4. The Hall–Kier alpha value is -3.65. The Morgan fingerprint density at radius 1 is 0.705 bits per heavy atom. The van der Waals surface area contributed by atoms with Gasteiger partial charge in [0.15, 0.2) is 0 Å². The van der Waals surface area contributed by atoms with E-state index >= 15 is 0 Å². The van der Waals surface area contributed by atoms with Crippen molar-refractivity contribution in [3.05, 3.63) is 71.8 Å². The van der Waals surface area contributed by atoms with E-state index in [1.807, 2.05) is 12.1 Å². The number of hydrogen-bond donors (Lipinski definition) is 3. The molecular formula is C30H39F6N3O5. The van der Waals surface area contributed by atoms with Gasteiger partial charge in [0.25, 0.3) is 0 Å². The number of carboxylic acid groups (broad SMARTS) is 2. The van der Waals surface area contributed by atoms with Crippen LogP contribution in [0.2, 0.25) is 0 Å². The minimum Gasteiger partial charge on any atom is -0.475 e. The lowest BCUT2D eigenvalue weighted by Gasteiger charge is -2.40. The van der Waals surface area contributed by atoms with Gasteiger partial charge in [0, 0.05) is 32.7 Å². The molecular weight excluding hydrogens is 596 g/mol. The number of likely N-dealkylation sites (N-methyl/N-ethyl adjacent to an activating group) is 1. The molecule has 0 saturated carbocycles. The molecule has 8 nitrogen and oxygen atoms in total. The van der Waals surface area contributed by atoms with Crippen LogP contribution in [-0.2, 0) is 27.2 Å². The van der Waals surface area contributed by atoms with Crippen LogP contribution >= 0.6 is 0 Å². The van der Waals surface area contributed by atoms with Crippen molar-refractivity contribution in [2.75, 3.05) is 39.8 Å². The first-order chi connectivity index (χ1) is 20.5. The number of carboxylic acids is 2. The van der Waals surface area contributed by atoms with E-state index < -0.39 is 29.7 Å². The minimum atomic E-state index is -5.08. The van der Waals surface area contributed by atoms with Crippen LogP contribution in [0.25, 0.3) is 0 Å². The second kappa shape index (κ2) is 18.2. The number of nitrogens with zero attached hydrogens (tertiary/aromatic N) is 2. The summed E-state index contributed by atoms with van der Waals surface area (Å²) in [6.07, 6.45) is -4.47. The van der Waals surface area contributed by atoms with Crippen LogP contribution in [0.4, 0.5) is 26.3 Å². The Bertz CT molecular complexity index is 1070. The Morgan fingerprint density at radius 2 is 1.05 bits per heavy atom. The summed E-state index contributed by atoms with van der Waals surface area (Å²) in [6, 6.07) is 21.1. The Balaban J connectivity index is 0.000000574. The molecule has 0 aliphatic carbocycles. The smallest absolute Gasteiger partial charge is 0.475 e. The number of amides is 1. The second-order valence-electron chi connectivity index (χ2n) is 10.4. The molecule has 2 aromatic rings. The molecule has 0 spiro atoms. The predicted octanol–water partition coefficient (Wildman–Crippen LogP) is 5.02. The van der Waals surface area contributed by atoms with E-state index in [4.69, 9.17) is 25.5 Å². The first-order valence-electron chi connectivity index (χ1n) is 13.9. The standard InChI is InChI=1S/C26H37N3O.2C2HF3O2/c1-28-18-20-29(21-19-28)25(30)26(22-27,16-8-14-23-10-4-2-5-11-23)17-9-15-24-12-6-3-7-13-24;2*3-2(4,5)1(6)7/h2-7,10-13H,8-9,14-22,27H2,1H3;2*(H,6,7). The maximum absolute atomic E-state index is 13.7. The number of hydrogen-bond acceptors (Lipinski definition) is 5. The molecule has 0 aromatic heterocycles. The quantitative estimate of drug-likeness (QED) is 0.314. The number of halogens is 6. The predicted molar refractivity (Wildman–Crippen MR) is 152 cm³/mol. The van der Waals surface area contributed by atoms with E-state index in [0.29, 0.717) is 6.54 Å². The first kappa shape index (κ1) is 38.4. The highest BCUT2D eigenvalue weighted by molar-refractivity contribution is 5.83. The lowest BCUT2D eigenvalue weighted by atomic mass is 9.76. The summed E-state index contributed by atoms with van der Waals surface area (Å²) >= 11 is 0. The third-order valence-corrected chi connectivity index (χ3v) is 7.05. The molecule has 246 valence electrons. The van der Waals surface area contributed by atoms with Crippen LogP contribution in [0.5, 0.6) is 0 Å². The summed E-state index contributed by atoms with van der Waals surface area (Å²) in [5, 5.41) is 14.2. The van der Waals surface area contributed by atoms with Crippen molar-refractivity contribution < 1.29 is 50.9 Å². The number of benzene rings is 2. The Labute approximate surface area is 252 Å². The largest absolute Gasteiger partial charge is 0.490 e. The zero-order valence-electron chi connectivity index (χ0n) is 24.4. The van der Waals surface area contributed by atoms with Crippen LogP contribution in [0.15, 0.2) is 60.7 Å². The maximum atomic E-state index is 13.7. The second-order valence-corrected chi connectivity index (χ2v) is 10.4. The highest BCUT2D eigenvalue weighted by Crippen LogP contribution is 2.33. The van der Waals surface area contributed by atoms with E-state index in [9.17, 15) is 31.1 Å². The summed E-state index contributed by atoms with van der Waals surface area (Å²) in [5.74, 6) is -5.24. The molecule has 0 bridgehead atoms. The van der Waals surface area contributed by atoms with E-state index in [1.165, 1.54) is 11.1 Å². The molecule has 14 heteroatoms. The molecule has 44 heavy (non-hydrogen) atoms. The average molecular weight is 636 g/mol. The Morgan fingerprint density at radius 3 is 1.34 bits per heavy atom. The first-order valence-corrected chi connectivity index (χ1v) is 13.9. The number of carbonyl (C=O) groups is 3. The molecule has 3 rings (SSSR count). The Kier molecular flexibility index (Phi) is 15.9. The van der Waals surface area contributed by atoms with Crippen LogP contribution < -0.4 is 5.73 Å². The van der Waals surface area contributed by atoms with Crippen molar-refractivity contribution in [1.29, 1.82) is 0 Å². The van der Waals surface area contributed by atoms with Crippen LogP contribution in [-0.4, -0.2) is 90.0 Å². The summed E-state index contributed by atoms with van der Waals surface area (Å²) in [5.41, 5.74) is 8.56. The van der Waals surface area contributed by atoms with Crippen LogP contribution in [0.3, 0.4) is 0 Å². The maximum Gasteiger partial charge on any atom is 0.490 e. The highest BCUT2D eigenvalue weighted by Gasteiger charge is 2.40. The van der Waals surface area contributed by atoms with Crippen molar-refractivity contribution in [2.24, 2.45) is 11.1 Å². The van der Waals surface area contributed by atoms with Gasteiger partial charge in [-0.2, -0.15) is 26.3 Å². The van der Waals surface area contributed by atoms with Crippen molar-refractivity contribution in [1.82, 2.24) is 9.80 Å². The fourth-order valence-corrected chi connectivity index (χ4v) is 4.53. The van der Waals surface area contributed by atoms with E-state index in [0.717, 1.165) is 64.7 Å². The van der Waals surface area contributed by atoms with Gasteiger partial charge in [0.2, 0.25) is 5.91 Å². The van der Waals surface area contributed by atoms with Crippen molar-refractivity contribution >= 4 is 17.8 Å². The highest BCUT2D eigenvalue weighted by atomic mass is 19.4. The van der Waals surface area contributed by atoms with Gasteiger partial charge in [-0.3, -0.25) is 4.79 Å². The molecule has 1 aliphatic heterocycles. The molecule has 0 unspecified atom stereocenters. The molecule has 0 atom stereocenters. The number of piperazine rings is 1. The molecule has 1 saturated heterocycles. The SMILES string of the molecule is CN1CCN(C(=O)C(CN)(CCCc2ccccc2)CCCc2ccccc2)CC1.O=C(O)C(F)(F)F.O=C(O)C(F)(F)F. The topological polar surface area (TPSA) is 124 Å². The summed E-state index contributed by atoms with van der Waals surface area (Å²) in [7, 11) is 2.12. The van der Waals surface area contributed by atoms with Crippen LogP contribution in [0, 0.1) is 5.41 Å². The van der Waals surface area contributed by atoms with Crippen molar-refractivity contribution in [3.8, 4) is 0 Å². The number of nitrogens with two attached hydrogens (primary N) is 1. The van der Waals surface area contributed by atoms with Gasteiger partial charge >= 0.3 is 24.3 Å².